The van der Waals surface area contributed by atoms with Gasteiger partial charge in [0.15, 0.2) is 12.2 Å². The van der Waals surface area contributed by atoms with Gasteiger partial charge in [0.1, 0.15) is 19.3 Å². The summed E-state index contributed by atoms with van der Waals surface area (Å²) in [5.41, 5.74) is 0. The van der Waals surface area contributed by atoms with Crippen LogP contribution in [0.4, 0.5) is 0 Å². The summed E-state index contributed by atoms with van der Waals surface area (Å²) in [7, 11) is -9.93. The first-order chi connectivity index (χ1) is 50.8. The third kappa shape index (κ3) is 78.5. The van der Waals surface area contributed by atoms with Gasteiger partial charge in [-0.1, -0.05) is 402 Å². The van der Waals surface area contributed by atoms with Gasteiger partial charge in [-0.05, 0) is 43.4 Å². The lowest BCUT2D eigenvalue weighted by atomic mass is 9.99. The van der Waals surface area contributed by atoms with Crippen molar-refractivity contribution < 1.29 is 80.2 Å². The van der Waals surface area contributed by atoms with Crippen LogP contribution in [0.3, 0.4) is 0 Å². The molecule has 19 heteroatoms. The molecule has 0 aromatic carbocycles. The Morgan fingerprint density at radius 2 is 0.486 bits per heavy atom. The van der Waals surface area contributed by atoms with Gasteiger partial charge >= 0.3 is 39.5 Å². The maximum Gasteiger partial charge on any atom is 0.472 e. The highest BCUT2D eigenvalue weighted by Crippen LogP contribution is 2.45. The van der Waals surface area contributed by atoms with Gasteiger partial charge in [-0.25, -0.2) is 9.13 Å². The number of aliphatic hydroxyl groups is 1. The lowest BCUT2D eigenvalue weighted by Crippen LogP contribution is -2.30. The van der Waals surface area contributed by atoms with Crippen molar-refractivity contribution in [1.82, 2.24) is 0 Å². The number of phosphoric ester groups is 2. The van der Waals surface area contributed by atoms with Gasteiger partial charge in [0.2, 0.25) is 0 Å². The van der Waals surface area contributed by atoms with Crippen molar-refractivity contribution in [3.63, 3.8) is 0 Å². The van der Waals surface area contributed by atoms with E-state index in [1.165, 1.54) is 257 Å². The number of phosphoric acid groups is 2. The number of ether oxygens (including phenoxy) is 4. The van der Waals surface area contributed by atoms with Gasteiger partial charge in [-0.15, -0.1) is 0 Å². The maximum absolute atomic E-state index is 13.1. The van der Waals surface area contributed by atoms with Gasteiger partial charge in [-0.3, -0.25) is 37.3 Å². The van der Waals surface area contributed by atoms with Crippen LogP contribution in [0.2, 0.25) is 0 Å². The molecule has 0 fully saturated rings. The monoisotopic (exact) mass is 1540 g/mol. The Bertz CT molecular complexity index is 2030. The van der Waals surface area contributed by atoms with E-state index in [9.17, 15) is 43.2 Å². The second kappa shape index (κ2) is 76.1. The number of rotatable bonds is 84. The molecular formula is C86H168O17P2. The molecule has 0 aliphatic carbocycles. The molecule has 0 bridgehead atoms. The van der Waals surface area contributed by atoms with Gasteiger partial charge < -0.3 is 33.8 Å². The molecular weight excluding hydrogens is 1370 g/mol. The van der Waals surface area contributed by atoms with Crippen LogP contribution in [0.15, 0.2) is 0 Å². The molecule has 0 aromatic heterocycles. The number of carbonyl (C=O) groups excluding carboxylic acids is 4. The largest absolute Gasteiger partial charge is 0.472 e. The van der Waals surface area contributed by atoms with Crippen molar-refractivity contribution in [2.45, 2.75) is 471 Å². The Kier molecular flexibility index (Phi) is 74.7. The third-order valence-corrected chi connectivity index (χ3v) is 22.4. The zero-order valence-electron chi connectivity index (χ0n) is 69.2. The number of hydrogen-bond acceptors (Lipinski definition) is 15. The van der Waals surface area contributed by atoms with Crippen molar-refractivity contribution >= 4 is 39.5 Å². The Morgan fingerprint density at radius 1 is 0.276 bits per heavy atom. The number of carbonyl (C=O) groups is 4. The first kappa shape index (κ1) is 103. The Hall–Kier alpha value is -1.94. The first-order valence-electron chi connectivity index (χ1n) is 44.4. The molecule has 0 spiro atoms. The van der Waals surface area contributed by atoms with Crippen molar-refractivity contribution in [1.29, 1.82) is 0 Å². The van der Waals surface area contributed by atoms with Crippen molar-refractivity contribution in [2.24, 2.45) is 17.8 Å². The van der Waals surface area contributed by atoms with E-state index in [2.05, 4.69) is 48.5 Å². The fourth-order valence-electron chi connectivity index (χ4n) is 13.3. The SMILES string of the molecule is CCCCCCCCCCCCCCCCCC(=O)O[C@H](COC(=O)CCCCCCCCCC(C)C)COP(=O)(O)OC[C@H](O)COP(=O)(O)OC[C@@H](COC(=O)CCCCCCCCCCCCCCCCCC(C)C)OC(=O)CCCCCCCCCCCCCCCCCCCCC(C)CC. The molecule has 17 nitrogen and oxygen atoms in total. The first-order valence-corrected chi connectivity index (χ1v) is 47.4. The predicted octanol–water partition coefficient (Wildman–Crippen LogP) is 26.1. The van der Waals surface area contributed by atoms with E-state index in [-0.39, 0.29) is 25.7 Å². The predicted molar refractivity (Wildman–Crippen MR) is 432 cm³/mol. The minimum Gasteiger partial charge on any atom is -0.462 e. The van der Waals surface area contributed by atoms with Crippen LogP contribution in [-0.4, -0.2) is 96.7 Å². The van der Waals surface area contributed by atoms with E-state index < -0.39 is 97.5 Å². The van der Waals surface area contributed by atoms with E-state index in [0.29, 0.717) is 31.6 Å². The molecule has 0 saturated carbocycles. The highest BCUT2D eigenvalue weighted by Gasteiger charge is 2.30. The lowest BCUT2D eigenvalue weighted by molar-refractivity contribution is -0.161. The molecule has 0 heterocycles. The van der Waals surface area contributed by atoms with E-state index in [1.807, 2.05) is 0 Å². The Morgan fingerprint density at radius 3 is 0.724 bits per heavy atom. The molecule has 0 amide bonds. The van der Waals surface area contributed by atoms with Gasteiger partial charge in [0.25, 0.3) is 0 Å². The highest BCUT2D eigenvalue weighted by molar-refractivity contribution is 7.47. The van der Waals surface area contributed by atoms with Crippen LogP contribution in [0.1, 0.15) is 453 Å². The highest BCUT2D eigenvalue weighted by atomic mass is 31.2. The van der Waals surface area contributed by atoms with Gasteiger partial charge in [-0.2, -0.15) is 0 Å². The van der Waals surface area contributed by atoms with Crippen LogP contribution in [0.5, 0.6) is 0 Å². The third-order valence-electron chi connectivity index (χ3n) is 20.5. The van der Waals surface area contributed by atoms with E-state index in [0.717, 1.165) is 108 Å². The average molecular weight is 1540 g/mol. The number of aliphatic hydroxyl groups excluding tert-OH is 1. The van der Waals surface area contributed by atoms with E-state index >= 15 is 0 Å². The molecule has 0 radical (unpaired) electrons. The molecule has 3 N–H and O–H groups in total. The zero-order valence-corrected chi connectivity index (χ0v) is 71.0. The van der Waals surface area contributed by atoms with Crippen molar-refractivity contribution in [2.75, 3.05) is 39.6 Å². The van der Waals surface area contributed by atoms with Crippen LogP contribution in [-0.2, 0) is 65.4 Å². The van der Waals surface area contributed by atoms with Crippen LogP contribution >= 0.6 is 15.6 Å². The fourth-order valence-corrected chi connectivity index (χ4v) is 14.9. The molecule has 3 unspecified atom stereocenters. The number of unbranched alkanes of at least 4 members (excludes halogenated alkanes) is 51. The van der Waals surface area contributed by atoms with Crippen LogP contribution in [0.25, 0.3) is 0 Å². The molecule has 0 aliphatic heterocycles. The van der Waals surface area contributed by atoms with E-state index in [1.54, 1.807) is 0 Å². The van der Waals surface area contributed by atoms with Crippen molar-refractivity contribution in [3.05, 3.63) is 0 Å². The Balaban J connectivity index is 5.22. The second-order valence-corrected chi connectivity index (χ2v) is 35.0. The molecule has 0 aromatic rings. The van der Waals surface area contributed by atoms with Crippen molar-refractivity contribution in [3.8, 4) is 0 Å². The lowest BCUT2D eigenvalue weighted by Gasteiger charge is -2.21. The zero-order chi connectivity index (χ0) is 77.2. The quantitative estimate of drug-likeness (QED) is 0.0222. The second-order valence-electron chi connectivity index (χ2n) is 32.1. The summed E-state index contributed by atoms with van der Waals surface area (Å²) in [6.07, 6.45) is 66.7. The standard InChI is InChI=1S/C86H168O17P2/c1-8-10-11-12-13-14-15-16-22-30-35-40-47-55-62-69-86(91)103-82(74-97-84(89)68-61-54-49-42-44-51-58-65-78(5)6)76-101-105(94,95)99-72-80(87)71-98-104(92,93)100-75-81(73-96-83(88)67-60-53-46-39-34-29-26-21-23-27-32-37-43-50-57-64-77(3)4)102-85(90)70-63-56-48-41-36-31-25-20-18-17-19-24-28-33-38-45-52-59-66-79(7)9-2/h77-82,87H,8-76H2,1-7H3,(H,92,93)(H,94,95)/t79?,80-,81-,82-/m1/s1. The minimum absolute atomic E-state index is 0.107. The number of hydrogen-bond donors (Lipinski definition) is 3. The van der Waals surface area contributed by atoms with Gasteiger partial charge in [0.05, 0.1) is 26.4 Å². The molecule has 0 aliphatic rings. The summed E-state index contributed by atoms with van der Waals surface area (Å²) in [5, 5.41) is 10.7. The fraction of sp³-hybridized carbons (Fsp3) is 0.953. The summed E-state index contributed by atoms with van der Waals surface area (Å²) in [5.74, 6) is 0.277. The summed E-state index contributed by atoms with van der Waals surface area (Å²) in [6, 6.07) is 0. The molecule has 0 rings (SSSR count). The summed E-state index contributed by atoms with van der Waals surface area (Å²) < 4.78 is 68.9. The smallest absolute Gasteiger partial charge is 0.462 e. The summed E-state index contributed by atoms with van der Waals surface area (Å²) in [6.45, 7) is 12.0. The van der Waals surface area contributed by atoms with E-state index in [4.69, 9.17) is 37.0 Å². The normalized spacial score (nSPS) is 14.1. The maximum atomic E-state index is 13.1. The van der Waals surface area contributed by atoms with Crippen LogP contribution in [0, 0.1) is 17.8 Å². The van der Waals surface area contributed by atoms with Crippen LogP contribution < -0.4 is 0 Å². The molecule has 105 heavy (non-hydrogen) atoms. The summed E-state index contributed by atoms with van der Waals surface area (Å²) in [4.78, 5) is 73.2. The molecule has 6 atom stereocenters. The molecule has 0 saturated heterocycles. The summed E-state index contributed by atoms with van der Waals surface area (Å²) >= 11 is 0. The minimum atomic E-state index is -4.97. The molecule has 624 valence electrons. The average Bonchev–Trinajstić information content (AvgIpc) is 0.923. The number of esters is 4. The Labute approximate surface area is 645 Å². The topological polar surface area (TPSA) is 237 Å². The van der Waals surface area contributed by atoms with Gasteiger partial charge in [0, 0.05) is 25.7 Å².